The van der Waals surface area contributed by atoms with Gasteiger partial charge in [-0.1, -0.05) is 54.6 Å². The topological polar surface area (TPSA) is 125 Å². The van der Waals surface area contributed by atoms with Crippen molar-refractivity contribution in [3.05, 3.63) is 143 Å². The van der Waals surface area contributed by atoms with E-state index in [0.717, 1.165) is 0 Å². The predicted octanol–water partition coefficient (Wildman–Crippen LogP) is 5.74. The van der Waals surface area contributed by atoms with E-state index < -0.39 is 0 Å². The molecule has 37 heavy (non-hydrogen) atoms. The molecule has 3 rings (SSSR count). The second-order valence-corrected chi connectivity index (χ2v) is 7.61. The first-order valence-electron chi connectivity index (χ1n) is 11.1. The van der Waals surface area contributed by atoms with Crippen LogP contribution in [0.15, 0.2) is 127 Å². The van der Waals surface area contributed by atoms with Gasteiger partial charge in [-0.2, -0.15) is 0 Å². The minimum atomic E-state index is 0. The SMILES string of the molecule is C/C(O)=C/C(=[OH+])c1ccccc1.C/C(O)=C/C(=[OH+])c1ccccc1.C/C(O)=C/C(=[OH+])c1ccccc1.[Tl+3]. The molecule has 0 saturated carbocycles. The van der Waals surface area contributed by atoms with Crippen LogP contribution in [0.25, 0.3) is 0 Å². The molecule has 0 aromatic heterocycles. The molecule has 0 heterocycles. The molecule has 7 heteroatoms. The molecule has 0 spiro atoms. The first kappa shape index (κ1) is 33.2. The van der Waals surface area contributed by atoms with Gasteiger partial charge in [-0.25, -0.2) is 0 Å². The number of hydrogen-bond acceptors (Lipinski definition) is 3. The molecule has 0 aliphatic rings. The fourth-order valence-electron chi connectivity index (χ4n) is 2.67. The third-order valence-electron chi connectivity index (χ3n) is 4.25. The van der Waals surface area contributed by atoms with Gasteiger partial charge in [0.05, 0.1) is 52.2 Å². The summed E-state index contributed by atoms with van der Waals surface area (Å²) in [6.45, 7) is 4.54. The summed E-state index contributed by atoms with van der Waals surface area (Å²) in [6.07, 6.45) is 3.94. The van der Waals surface area contributed by atoms with E-state index in [9.17, 15) is 14.4 Å². The number of benzene rings is 3. The quantitative estimate of drug-likeness (QED) is 0.100. The van der Waals surface area contributed by atoms with Gasteiger partial charge in [-0.15, -0.1) is 0 Å². The molecule has 3 aromatic carbocycles. The monoisotopic (exact) mass is 694 g/mol. The van der Waals surface area contributed by atoms with Crippen molar-refractivity contribution >= 4 is 44.6 Å². The van der Waals surface area contributed by atoms with Gasteiger partial charge in [0.25, 0.3) is 0 Å². The summed E-state index contributed by atoms with van der Waals surface area (Å²) in [6, 6.07) is 27.2. The van der Waals surface area contributed by atoms with Crippen LogP contribution in [0.3, 0.4) is 0 Å². The number of rotatable bonds is 6. The summed E-state index contributed by atoms with van der Waals surface area (Å²) in [5.41, 5.74) is 2.10. The second kappa shape index (κ2) is 18.5. The van der Waals surface area contributed by atoms with Gasteiger partial charge in [0.15, 0.2) is 0 Å². The number of allylic oxidation sites excluding steroid dienone is 6. The van der Waals surface area contributed by atoms with Crippen molar-refractivity contribution in [2.45, 2.75) is 20.8 Å². The van der Waals surface area contributed by atoms with Crippen LogP contribution in [-0.4, -0.2) is 74.4 Å². The third-order valence-corrected chi connectivity index (χ3v) is 4.25. The van der Waals surface area contributed by atoms with E-state index in [4.69, 9.17) is 15.3 Å². The van der Waals surface area contributed by atoms with Gasteiger partial charge < -0.3 is 15.3 Å². The zero-order valence-electron chi connectivity index (χ0n) is 21.2. The van der Waals surface area contributed by atoms with Crippen LogP contribution in [0.4, 0.5) is 0 Å². The van der Waals surface area contributed by atoms with Crippen molar-refractivity contribution in [3.63, 3.8) is 0 Å². The standard InChI is InChI=1S/3C10H10O2.Tl/c3*1-8(11)7-10(12)9-5-3-2-4-6-9;/h3*2-7,11H,1H3;/q;;;+3/p+3/b3*8-7-;. The Hall–Kier alpha value is -3.79. The summed E-state index contributed by atoms with van der Waals surface area (Å²) < 4.78 is 0. The van der Waals surface area contributed by atoms with Gasteiger partial charge >= 0.3 is 44.6 Å². The zero-order valence-corrected chi connectivity index (χ0v) is 25.6. The fraction of sp³-hybridized carbons (Fsp3) is 0.100. The molecule has 0 fully saturated rings. The molecule has 3 aromatic rings. The van der Waals surface area contributed by atoms with Crippen molar-refractivity contribution in [2.24, 2.45) is 0 Å². The number of aliphatic hydroxyl groups is 3. The summed E-state index contributed by atoms with van der Waals surface area (Å²) in [5.74, 6) is 0.519. The van der Waals surface area contributed by atoms with E-state index in [0.29, 0.717) is 16.7 Å². The van der Waals surface area contributed by atoms with Crippen LogP contribution in [0.1, 0.15) is 37.5 Å². The maximum atomic E-state index is 9.37. The van der Waals surface area contributed by atoms with E-state index in [1.165, 1.54) is 39.0 Å². The average Bonchev–Trinajstić information content (AvgIpc) is 2.85. The van der Waals surface area contributed by atoms with Crippen LogP contribution >= 0.6 is 0 Å². The maximum Gasteiger partial charge on any atom is 3.00 e. The first-order chi connectivity index (χ1) is 17.1. The average molecular weight is 694 g/mol. The third kappa shape index (κ3) is 15.0. The Balaban J connectivity index is 0.000000518. The Morgan fingerprint density at radius 2 is 0.649 bits per heavy atom. The minimum Gasteiger partial charge on any atom is -0.512 e. The second-order valence-electron chi connectivity index (χ2n) is 7.61. The van der Waals surface area contributed by atoms with Crippen molar-refractivity contribution in [1.82, 2.24) is 0 Å². The number of aliphatic hydroxyl groups excluding tert-OH is 3. The molecule has 0 aliphatic heterocycles. The van der Waals surface area contributed by atoms with Crippen LogP contribution < -0.4 is 0 Å². The molecule has 0 unspecified atom stereocenters. The van der Waals surface area contributed by atoms with Crippen LogP contribution in [0.5, 0.6) is 0 Å². The van der Waals surface area contributed by atoms with Gasteiger partial charge in [-0.3, -0.25) is 14.4 Å². The van der Waals surface area contributed by atoms with Crippen molar-refractivity contribution in [1.29, 1.82) is 0 Å². The Morgan fingerprint density at radius 1 is 0.459 bits per heavy atom. The predicted molar refractivity (Wildman–Crippen MR) is 152 cm³/mol. The van der Waals surface area contributed by atoms with Crippen molar-refractivity contribution in [2.75, 3.05) is 0 Å². The molecule has 6 nitrogen and oxygen atoms in total. The Kier molecular flexibility index (Phi) is 16.6. The summed E-state index contributed by atoms with van der Waals surface area (Å²) in [7, 11) is 0. The largest absolute Gasteiger partial charge is 3.00 e. The van der Waals surface area contributed by atoms with Crippen LogP contribution in [0, 0.1) is 0 Å². The Labute approximate surface area is 237 Å². The fourth-order valence-corrected chi connectivity index (χ4v) is 2.67. The molecule has 0 saturated heterocycles. The van der Waals surface area contributed by atoms with Crippen molar-refractivity contribution in [3.8, 4) is 0 Å². The van der Waals surface area contributed by atoms with Gasteiger partial charge in [0, 0.05) is 0 Å². The van der Waals surface area contributed by atoms with E-state index in [2.05, 4.69) is 0 Å². The molecule has 0 bridgehead atoms. The Morgan fingerprint density at radius 3 is 0.811 bits per heavy atom. The van der Waals surface area contributed by atoms with Gasteiger partial charge in [0.1, 0.15) is 0 Å². The van der Waals surface area contributed by atoms with Gasteiger partial charge in [0.2, 0.25) is 0 Å². The zero-order chi connectivity index (χ0) is 26.9. The van der Waals surface area contributed by atoms with Crippen molar-refractivity contribution < 1.29 is 29.7 Å². The Bertz CT molecular complexity index is 1050. The number of carbonyl (C=O) groups excluding carboxylic acids is 3. The van der Waals surface area contributed by atoms with E-state index in [1.807, 2.05) is 54.6 Å². The molecule has 0 aliphatic carbocycles. The summed E-state index contributed by atoms with van der Waals surface area (Å²) in [4.78, 5) is 28.1. The molecular weight excluding hydrogens is 661 g/mol. The molecule has 186 valence electrons. The first-order valence-corrected chi connectivity index (χ1v) is 11.1. The molecule has 6 N–H and O–H groups in total. The number of ketones is 3. The summed E-state index contributed by atoms with van der Waals surface area (Å²) >= 11 is 0. The van der Waals surface area contributed by atoms with Gasteiger partial charge in [-0.05, 0) is 57.2 Å². The maximum absolute atomic E-state index is 9.37. The van der Waals surface area contributed by atoms with E-state index in [-0.39, 0.29) is 61.9 Å². The molecular formula is C30H33O6Tl+6. The van der Waals surface area contributed by atoms with Crippen LogP contribution in [0.2, 0.25) is 0 Å². The smallest absolute Gasteiger partial charge is 0.512 e. The van der Waals surface area contributed by atoms with Crippen LogP contribution in [-0.2, 0) is 0 Å². The molecule has 0 amide bonds. The number of hydrogen-bond donors (Lipinski definition) is 3. The minimum absolute atomic E-state index is 0. The molecule has 0 radical (unpaired) electrons. The normalized spacial score (nSPS) is 10.9. The molecule has 0 atom stereocenters. The van der Waals surface area contributed by atoms with E-state index >= 15 is 0 Å². The van der Waals surface area contributed by atoms with E-state index in [1.54, 1.807) is 36.4 Å². The summed E-state index contributed by atoms with van der Waals surface area (Å²) in [5, 5.41) is 26.6.